The van der Waals surface area contributed by atoms with E-state index in [9.17, 15) is 4.79 Å². The van der Waals surface area contributed by atoms with Crippen molar-refractivity contribution in [3.63, 3.8) is 0 Å². The topological polar surface area (TPSA) is 78.9 Å². The Morgan fingerprint density at radius 2 is 2.29 bits per heavy atom. The summed E-state index contributed by atoms with van der Waals surface area (Å²) >= 11 is 0. The van der Waals surface area contributed by atoms with Crippen LogP contribution in [0, 0.1) is 18.3 Å². The molecular weight excluding hydrogens is 218 g/mol. The first-order valence-electron chi connectivity index (χ1n) is 4.91. The largest absolute Gasteiger partial charge is 0.478 e. The quantitative estimate of drug-likeness (QED) is 0.847. The lowest BCUT2D eigenvalue weighted by molar-refractivity contribution is 0.0697. The molecule has 0 aliphatic heterocycles. The van der Waals surface area contributed by atoms with Crippen LogP contribution >= 0.6 is 0 Å². The molecule has 0 amide bonds. The highest BCUT2D eigenvalue weighted by atomic mass is 16.4. The van der Waals surface area contributed by atoms with Gasteiger partial charge in [-0.25, -0.2) is 9.48 Å². The molecule has 84 valence electrons. The average Bonchev–Trinajstić information content (AvgIpc) is 2.78. The van der Waals surface area contributed by atoms with E-state index in [1.165, 1.54) is 17.1 Å². The van der Waals surface area contributed by atoms with Crippen LogP contribution in [0.4, 0.5) is 0 Å². The molecule has 0 radical (unpaired) electrons. The predicted octanol–water partition coefficient (Wildman–Crippen LogP) is 1.75. The zero-order valence-electron chi connectivity index (χ0n) is 9.08. The van der Waals surface area contributed by atoms with E-state index >= 15 is 0 Å². The van der Waals surface area contributed by atoms with Crippen LogP contribution in [0.1, 0.15) is 21.5 Å². The Kier molecular flexibility index (Phi) is 2.63. The zero-order valence-corrected chi connectivity index (χ0v) is 9.08. The number of carboxylic acids is 1. The highest BCUT2D eigenvalue weighted by Gasteiger charge is 2.10. The van der Waals surface area contributed by atoms with Gasteiger partial charge in [0.05, 0.1) is 23.0 Å². The van der Waals surface area contributed by atoms with Crippen LogP contribution < -0.4 is 0 Å². The minimum atomic E-state index is -1.04. The lowest BCUT2D eigenvalue weighted by atomic mass is 10.1. The predicted molar refractivity (Wildman–Crippen MR) is 60.0 cm³/mol. The van der Waals surface area contributed by atoms with Crippen molar-refractivity contribution in [1.29, 1.82) is 5.26 Å². The van der Waals surface area contributed by atoms with Gasteiger partial charge in [0.1, 0.15) is 6.07 Å². The van der Waals surface area contributed by atoms with Gasteiger partial charge in [-0.2, -0.15) is 10.4 Å². The van der Waals surface area contributed by atoms with Gasteiger partial charge in [0, 0.05) is 6.20 Å². The standard InChI is InChI=1S/C12H9N3O2/c1-8-2-3-9(5-13)11(4-8)15-7-10(6-14-15)12(16)17/h2-4,6-7H,1H3,(H,16,17). The summed E-state index contributed by atoms with van der Waals surface area (Å²) in [6.07, 6.45) is 2.64. The van der Waals surface area contributed by atoms with Crippen LogP contribution in [0.5, 0.6) is 0 Å². The highest BCUT2D eigenvalue weighted by molar-refractivity contribution is 5.87. The van der Waals surface area contributed by atoms with Gasteiger partial charge in [-0.15, -0.1) is 0 Å². The molecule has 1 N–H and O–H groups in total. The first kappa shape index (κ1) is 10.9. The number of hydrogen-bond acceptors (Lipinski definition) is 3. The fraction of sp³-hybridized carbons (Fsp3) is 0.0833. The summed E-state index contributed by atoms with van der Waals surface area (Å²) in [7, 11) is 0. The zero-order chi connectivity index (χ0) is 12.4. The van der Waals surface area contributed by atoms with Crippen molar-refractivity contribution in [3.8, 4) is 11.8 Å². The molecule has 17 heavy (non-hydrogen) atoms. The number of aryl methyl sites for hydroxylation is 1. The van der Waals surface area contributed by atoms with E-state index in [0.29, 0.717) is 11.3 Å². The number of aromatic carboxylic acids is 1. The van der Waals surface area contributed by atoms with Gasteiger partial charge in [0.25, 0.3) is 0 Å². The molecule has 0 spiro atoms. The Morgan fingerprint density at radius 1 is 1.53 bits per heavy atom. The summed E-state index contributed by atoms with van der Waals surface area (Å²) in [5.41, 5.74) is 2.11. The van der Waals surface area contributed by atoms with Gasteiger partial charge in [-0.05, 0) is 24.6 Å². The smallest absolute Gasteiger partial charge is 0.338 e. The second kappa shape index (κ2) is 4.10. The third kappa shape index (κ3) is 2.01. The number of nitrogens with zero attached hydrogens (tertiary/aromatic N) is 3. The first-order valence-corrected chi connectivity index (χ1v) is 4.91. The van der Waals surface area contributed by atoms with Gasteiger partial charge in [0.15, 0.2) is 0 Å². The summed E-state index contributed by atoms with van der Waals surface area (Å²) in [4.78, 5) is 10.7. The average molecular weight is 227 g/mol. The number of benzene rings is 1. The summed E-state index contributed by atoms with van der Waals surface area (Å²) in [6, 6.07) is 7.35. The maximum Gasteiger partial charge on any atom is 0.338 e. The molecule has 0 aliphatic rings. The van der Waals surface area contributed by atoms with Gasteiger partial charge < -0.3 is 5.11 Å². The molecule has 0 saturated heterocycles. The minimum absolute atomic E-state index is 0.0930. The molecule has 0 atom stereocenters. The third-order valence-corrected chi connectivity index (χ3v) is 2.35. The van der Waals surface area contributed by atoms with E-state index < -0.39 is 5.97 Å². The number of aromatic nitrogens is 2. The van der Waals surface area contributed by atoms with Gasteiger partial charge in [-0.3, -0.25) is 0 Å². The molecular formula is C12H9N3O2. The molecule has 0 saturated carbocycles. The SMILES string of the molecule is Cc1ccc(C#N)c(-n2cc(C(=O)O)cn2)c1. The van der Waals surface area contributed by atoms with E-state index in [4.69, 9.17) is 10.4 Å². The van der Waals surface area contributed by atoms with Crippen molar-refractivity contribution >= 4 is 5.97 Å². The van der Waals surface area contributed by atoms with Crippen molar-refractivity contribution in [3.05, 3.63) is 47.3 Å². The van der Waals surface area contributed by atoms with Crippen molar-refractivity contribution < 1.29 is 9.90 Å². The van der Waals surface area contributed by atoms with Crippen molar-refractivity contribution in [2.75, 3.05) is 0 Å². The molecule has 2 rings (SSSR count). The molecule has 2 aromatic rings. The Morgan fingerprint density at radius 3 is 2.88 bits per heavy atom. The normalized spacial score (nSPS) is 9.88. The highest BCUT2D eigenvalue weighted by Crippen LogP contribution is 2.15. The third-order valence-electron chi connectivity index (χ3n) is 2.35. The monoisotopic (exact) mass is 227 g/mol. The number of carboxylic acid groups (broad SMARTS) is 1. The summed E-state index contributed by atoms with van der Waals surface area (Å²) in [5, 5.41) is 21.7. The first-order chi connectivity index (χ1) is 8.11. The maximum absolute atomic E-state index is 10.7. The number of nitriles is 1. The van der Waals surface area contributed by atoms with Gasteiger partial charge >= 0.3 is 5.97 Å². The van der Waals surface area contributed by atoms with Gasteiger partial charge in [-0.1, -0.05) is 6.07 Å². The van der Waals surface area contributed by atoms with E-state index in [-0.39, 0.29) is 5.56 Å². The number of rotatable bonds is 2. The molecule has 1 aromatic carbocycles. The molecule has 0 fully saturated rings. The van der Waals surface area contributed by atoms with Gasteiger partial charge in [0.2, 0.25) is 0 Å². The minimum Gasteiger partial charge on any atom is -0.478 e. The van der Waals surface area contributed by atoms with Crippen LogP contribution in [0.25, 0.3) is 5.69 Å². The fourth-order valence-corrected chi connectivity index (χ4v) is 1.49. The maximum atomic E-state index is 10.7. The van der Waals surface area contributed by atoms with E-state index in [1.807, 2.05) is 13.0 Å². The number of carbonyl (C=O) groups is 1. The molecule has 0 aliphatic carbocycles. The lowest BCUT2D eigenvalue weighted by Crippen LogP contribution is -1.99. The Balaban J connectivity index is 2.56. The molecule has 0 bridgehead atoms. The van der Waals surface area contributed by atoms with Crippen molar-refractivity contribution in [2.45, 2.75) is 6.92 Å². The fourth-order valence-electron chi connectivity index (χ4n) is 1.49. The Hall–Kier alpha value is -2.61. The van der Waals surface area contributed by atoms with E-state index in [2.05, 4.69) is 11.2 Å². The van der Waals surface area contributed by atoms with Crippen molar-refractivity contribution in [2.24, 2.45) is 0 Å². The van der Waals surface area contributed by atoms with E-state index in [0.717, 1.165) is 5.56 Å². The van der Waals surface area contributed by atoms with Crippen LogP contribution in [-0.4, -0.2) is 20.9 Å². The molecule has 0 unspecified atom stereocenters. The molecule has 5 heteroatoms. The summed E-state index contributed by atoms with van der Waals surface area (Å²) in [5.74, 6) is -1.04. The van der Waals surface area contributed by atoms with E-state index in [1.54, 1.807) is 12.1 Å². The molecule has 5 nitrogen and oxygen atoms in total. The number of hydrogen-bond donors (Lipinski definition) is 1. The molecule has 1 heterocycles. The summed E-state index contributed by atoms with van der Waals surface area (Å²) < 4.78 is 1.40. The second-order valence-electron chi connectivity index (χ2n) is 3.61. The molecule has 1 aromatic heterocycles. The lowest BCUT2D eigenvalue weighted by Gasteiger charge is -2.04. The van der Waals surface area contributed by atoms with Crippen LogP contribution in [0.3, 0.4) is 0 Å². The Labute approximate surface area is 97.5 Å². The van der Waals surface area contributed by atoms with Crippen LogP contribution in [-0.2, 0) is 0 Å². The second-order valence-corrected chi connectivity index (χ2v) is 3.61. The van der Waals surface area contributed by atoms with Crippen LogP contribution in [0.15, 0.2) is 30.6 Å². The van der Waals surface area contributed by atoms with Crippen molar-refractivity contribution in [1.82, 2.24) is 9.78 Å². The van der Waals surface area contributed by atoms with Crippen LogP contribution in [0.2, 0.25) is 0 Å². The Bertz CT molecular complexity index is 623. The summed E-state index contributed by atoms with van der Waals surface area (Å²) in [6.45, 7) is 1.90.